The molecule has 3 saturated carbocycles. The van der Waals surface area contributed by atoms with Gasteiger partial charge in [0.2, 0.25) is 11.8 Å². The highest BCUT2D eigenvalue weighted by Crippen LogP contribution is 2.49. The Morgan fingerprint density at radius 2 is 1.56 bits per heavy atom. The lowest BCUT2D eigenvalue weighted by Gasteiger charge is -2.50. The minimum Gasteiger partial charge on any atom is -0.444 e. The molecule has 2 N–H and O–H groups in total. The molecular formula is C19H31F3N2O3. The van der Waals surface area contributed by atoms with Crippen molar-refractivity contribution in [3.05, 3.63) is 0 Å². The Kier molecular flexibility index (Phi) is 6.07. The van der Waals surface area contributed by atoms with E-state index in [1.54, 1.807) is 20.8 Å². The molecule has 0 heterocycles. The van der Waals surface area contributed by atoms with Crippen LogP contribution in [0.15, 0.2) is 0 Å². The van der Waals surface area contributed by atoms with E-state index in [-0.39, 0.29) is 6.42 Å². The Labute approximate surface area is 158 Å². The van der Waals surface area contributed by atoms with Crippen molar-refractivity contribution in [1.82, 2.24) is 10.6 Å². The molecule has 2 bridgehead atoms. The highest BCUT2D eigenvalue weighted by Gasteiger charge is 2.50. The molecule has 27 heavy (non-hydrogen) atoms. The first-order chi connectivity index (χ1) is 12.2. The number of halogens is 3. The van der Waals surface area contributed by atoms with Crippen molar-refractivity contribution in [2.45, 2.75) is 108 Å². The van der Waals surface area contributed by atoms with Crippen molar-refractivity contribution in [3.8, 4) is 0 Å². The quantitative estimate of drug-likeness (QED) is 0.710. The highest BCUT2D eigenvalue weighted by molar-refractivity contribution is 5.86. The van der Waals surface area contributed by atoms with Crippen LogP contribution in [0.1, 0.15) is 79.1 Å². The largest absolute Gasteiger partial charge is 0.444 e. The first-order valence-electron chi connectivity index (χ1n) is 9.59. The number of alkyl carbamates (subject to hydrolysis) is 1. The van der Waals surface area contributed by atoms with E-state index in [0.29, 0.717) is 38.5 Å². The maximum atomic E-state index is 14.3. The molecule has 0 aliphatic heterocycles. The van der Waals surface area contributed by atoms with Gasteiger partial charge in [-0.05, 0) is 72.6 Å². The number of alkyl halides is 3. The van der Waals surface area contributed by atoms with Crippen LogP contribution < -0.4 is 10.6 Å². The summed E-state index contributed by atoms with van der Waals surface area (Å²) < 4.78 is 46.0. The molecule has 5 nitrogen and oxygen atoms in total. The van der Waals surface area contributed by atoms with Gasteiger partial charge in [0.25, 0.3) is 0 Å². The molecule has 0 saturated heterocycles. The predicted molar refractivity (Wildman–Crippen MR) is 95.4 cm³/mol. The van der Waals surface area contributed by atoms with Crippen LogP contribution in [-0.2, 0) is 9.53 Å². The summed E-state index contributed by atoms with van der Waals surface area (Å²) in [7, 11) is 0. The summed E-state index contributed by atoms with van der Waals surface area (Å²) >= 11 is 0. The van der Waals surface area contributed by atoms with Crippen molar-refractivity contribution < 1.29 is 27.5 Å². The van der Waals surface area contributed by atoms with E-state index in [4.69, 9.17) is 4.74 Å². The maximum Gasteiger partial charge on any atom is 0.408 e. The molecule has 0 aromatic carbocycles. The molecule has 3 rings (SSSR count). The van der Waals surface area contributed by atoms with Gasteiger partial charge >= 0.3 is 6.09 Å². The SMILES string of the molecule is CC(F)(F)CC[C@@H](NC(=O)OC(C)(C)C)C(=O)NC12CCC(F)(CC1)CC2. The van der Waals surface area contributed by atoms with Crippen LogP contribution in [0.25, 0.3) is 0 Å². The zero-order valence-corrected chi connectivity index (χ0v) is 16.6. The van der Waals surface area contributed by atoms with Crippen molar-refractivity contribution >= 4 is 12.0 Å². The van der Waals surface area contributed by atoms with Crippen LogP contribution in [0.5, 0.6) is 0 Å². The Morgan fingerprint density at radius 3 is 2.00 bits per heavy atom. The lowest BCUT2D eigenvalue weighted by atomic mass is 9.64. The van der Waals surface area contributed by atoms with E-state index in [9.17, 15) is 22.8 Å². The molecule has 3 aliphatic rings. The Morgan fingerprint density at radius 1 is 1.04 bits per heavy atom. The molecule has 3 aliphatic carbocycles. The fourth-order valence-corrected chi connectivity index (χ4v) is 3.79. The molecule has 0 spiro atoms. The summed E-state index contributed by atoms with van der Waals surface area (Å²) in [6.07, 6.45) is 1.18. The topological polar surface area (TPSA) is 67.4 Å². The summed E-state index contributed by atoms with van der Waals surface area (Å²) in [5, 5.41) is 5.34. The summed E-state index contributed by atoms with van der Waals surface area (Å²) in [5.41, 5.74) is -2.41. The number of hydrogen-bond acceptors (Lipinski definition) is 3. The third-order valence-corrected chi connectivity index (χ3v) is 5.42. The van der Waals surface area contributed by atoms with Crippen molar-refractivity contribution in [2.24, 2.45) is 0 Å². The lowest BCUT2D eigenvalue weighted by molar-refractivity contribution is -0.128. The smallest absolute Gasteiger partial charge is 0.408 e. The van der Waals surface area contributed by atoms with Gasteiger partial charge in [0.1, 0.15) is 17.3 Å². The second-order valence-electron chi connectivity index (χ2n) is 9.23. The van der Waals surface area contributed by atoms with Gasteiger partial charge in [0.15, 0.2) is 0 Å². The molecule has 156 valence electrons. The summed E-state index contributed by atoms with van der Waals surface area (Å²) in [4.78, 5) is 24.8. The van der Waals surface area contributed by atoms with Crippen LogP contribution in [0.3, 0.4) is 0 Å². The van der Waals surface area contributed by atoms with Crippen molar-refractivity contribution in [1.29, 1.82) is 0 Å². The number of ether oxygens (including phenoxy) is 1. The summed E-state index contributed by atoms with van der Waals surface area (Å²) in [6.45, 7) is 5.80. The number of rotatable bonds is 6. The van der Waals surface area contributed by atoms with Crippen LogP contribution in [-0.4, -0.2) is 40.8 Å². The van der Waals surface area contributed by atoms with Crippen molar-refractivity contribution in [3.63, 3.8) is 0 Å². The maximum absolute atomic E-state index is 14.3. The number of amides is 2. The summed E-state index contributed by atoms with van der Waals surface area (Å²) in [5.74, 6) is -3.46. The molecular weight excluding hydrogens is 361 g/mol. The van der Waals surface area contributed by atoms with Gasteiger partial charge in [-0.25, -0.2) is 18.0 Å². The molecule has 1 atom stereocenters. The van der Waals surface area contributed by atoms with Crippen LogP contribution in [0.2, 0.25) is 0 Å². The van der Waals surface area contributed by atoms with Gasteiger partial charge in [-0.15, -0.1) is 0 Å². The highest BCUT2D eigenvalue weighted by atomic mass is 19.3. The normalized spacial score (nSPS) is 29.1. The molecule has 0 unspecified atom stereocenters. The van der Waals surface area contributed by atoms with Crippen LogP contribution in [0.4, 0.5) is 18.0 Å². The van der Waals surface area contributed by atoms with Gasteiger partial charge in [0.05, 0.1) is 0 Å². The number of carbonyl (C=O) groups excluding carboxylic acids is 2. The third kappa shape index (κ3) is 6.57. The molecule has 3 fully saturated rings. The number of nitrogens with one attached hydrogen (secondary N) is 2. The Balaban J connectivity index is 2.02. The first kappa shape index (κ1) is 21.8. The van der Waals surface area contributed by atoms with E-state index in [1.807, 2.05) is 0 Å². The molecule has 0 aromatic rings. The van der Waals surface area contributed by atoms with Gasteiger partial charge in [-0.2, -0.15) is 0 Å². The third-order valence-electron chi connectivity index (χ3n) is 5.42. The fraction of sp³-hybridized carbons (Fsp3) is 0.895. The number of hydrogen-bond donors (Lipinski definition) is 2. The monoisotopic (exact) mass is 392 g/mol. The first-order valence-corrected chi connectivity index (χ1v) is 9.59. The minimum absolute atomic E-state index is 0.211. The minimum atomic E-state index is -2.95. The van der Waals surface area contributed by atoms with Gasteiger partial charge in [-0.1, -0.05) is 0 Å². The standard InChI is InChI=1S/C19H31F3N2O3/c1-16(2,3)27-15(26)23-13(5-6-17(4,20)21)14(25)24-19-10-7-18(22,8-11-19)9-12-19/h13H,5-12H2,1-4H3,(H,23,26)(H,24,25)/t13-,18?,19?/m1/s1. The predicted octanol–water partition coefficient (Wildman–Crippen LogP) is 4.25. The van der Waals surface area contributed by atoms with Crippen LogP contribution in [0, 0.1) is 0 Å². The van der Waals surface area contributed by atoms with E-state index < -0.39 is 47.2 Å². The van der Waals surface area contributed by atoms with Gasteiger partial charge in [-0.3, -0.25) is 4.79 Å². The number of fused-ring (bicyclic) bond motifs is 3. The van der Waals surface area contributed by atoms with Gasteiger partial charge < -0.3 is 15.4 Å². The zero-order valence-electron chi connectivity index (χ0n) is 16.6. The van der Waals surface area contributed by atoms with E-state index >= 15 is 0 Å². The molecule has 0 radical (unpaired) electrons. The number of carbonyl (C=O) groups is 2. The summed E-state index contributed by atoms with van der Waals surface area (Å²) in [6, 6.07) is -1.13. The second-order valence-corrected chi connectivity index (χ2v) is 9.23. The zero-order chi connectivity index (χ0) is 20.5. The van der Waals surface area contributed by atoms with Crippen LogP contribution >= 0.6 is 0 Å². The fourth-order valence-electron chi connectivity index (χ4n) is 3.79. The average molecular weight is 392 g/mol. The molecule has 0 aromatic heterocycles. The van der Waals surface area contributed by atoms with E-state index in [1.165, 1.54) is 0 Å². The van der Waals surface area contributed by atoms with Crippen molar-refractivity contribution in [2.75, 3.05) is 0 Å². The van der Waals surface area contributed by atoms with Gasteiger partial charge in [0, 0.05) is 12.0 Å². The Hall–Kier alpha value is -1.47. The lowest BCUT2D eigenvalue weighted by Crippen LogP contribution is -2.61. The Bertz CT molecular complexity index is 545. The molecule has 2 amide bonds. The van der Waals surface area contributed by atoms with E-state index in [0.717, 1.165) is 6.92 Å². The van der Waals surface area contributed by atoms with E-state index in [2.05, 4.69) is 10.6 Å². The second kappa shape index (κ2) is 7.51. The average Bonchev–Trinajstić information content (AvgIpc) is 2.50. The molecule has 8 heteroatoms.